The van der Waals surface area contributed by atoms with Gasteiger partial charge in [-0.2, -0.15) is 0 Å². The maximum atomic E-state index is 2.25. The monoisotopic (exact) mass is 596 g/mol. The third-order valence-electron chi connectivity index (χ3n) is 5.06. The first-order chi connectivity index (χ1) is 12.9. The Morgan fingerprint density at radius 2 is 0.571 bits per heavy atom. The molecule has 0 aromatic heterocycles. The number of hydrogen-bond acceptors (Lipinski definition) is 0. The van der Waals surface area contributed by atoms with E-state index in [9.17, 15) is 0 Å². The predicted molar refractivity (Wildman–Crippen MR) is 107 cm³/mol. The van der Waals surface area contributed by atoms with Crippen molar-refractivity contribution in [2.45, 2.75) is 0 Å². The molecule has 0 nitrogen and oxygen atoms in total. The summed E-state index contributed by atoms with van der Waals surface area (Å²) in [6.07, 6.45) is 0. The second-order valence-corrected chi connectivity index (χ2v) is 6.57. The second-order valence-electron chi connectivity index (χ2n) is 6.57. The van der Waals surface area contributed by atoms with Crippen molar-refractivity contribution in [3.63, 3.8) is 0 Å². The van der Waals surface area contributed by atoms with Gasteiger partial charge >= 0.3 is 138 Å². The molecule has 0 amide bonds. The van der Waals surface area contributed by atoms with Gasteiger partial charge in [0.2, 0.25) is 0 Å². The van der Waals surface area contributed by atoms with Crippen LogP contribution in [0.1, 0.15) is 33.4 Å². The van der Waals surface area contributed by atoms with Gasteiger partial charge in [0, 0.05) is 0 Å². The minimum absolute atomic E-state index is 0. The third kappa shape index (κ3) is 4.49. The number of hydrogen-bond donors (Lipinski definition) is 0. The van der Waals surface area contributed by atoms with Gasteiger partial charge in [-0.1, -0.05) is 71.8 Å². The van der Waals surface area contributed by atoms with Crippen molar-refractivity contribution in [2.24, 2.45) is 0 Å². The minimum Gasteiger partial charge on any atom is -0.133 e. The van der Waals surface area contributed by atoms with Gasteiger partial charge < -0.3 is 0 Å². The first-order valence-corrected chi connectivity index (χ1v) is 8.98. The minimum atomic E-state index is 0. The summed E-state index contributed by atoms with van der Waals surface area (Å²) >= 11 is 0. The molecule has 4 aromatic carbocycles. The van der Waals surface area contributed by atoms with Crippen molar-refractivity contribution in [1.29, 1.82) is 0 Å². The van der Waals surface area contributed by atoms with Crippen molar-refractivity contribution in [3.8, 4) is 0 Å². The van der Waals surface area contributed by atoms with E-state index >= 15 is 0 Å². The molecule has 5 rings (SSSR count). The van der Waals surface area contributed by atoms with E-state index in [2.05, 4.69) is 109 Å². The van der Waals surface area contributed by atoms with Crippen LogP contribution in [0.25, 0.3) is 0 Å². The van der Waals surface area contributed by atoms with E-state index in [-0.39, 0.29) is 138 Å². The molecule has 0 unspecified atom stereocenters. The van der Waals surface area contributed by atoms with Crippen LogP contribution in [0.3, 0.4) is 0 Å². The zero-order valence-corrected chi connectivity index (χ0v) is 29.0. The SMILES string of the molecule is [Cs+].[Cs+].c1ccc([C-]2c3ccccc3[C-](c3ccccc3)c3ccccc32)cc1. The summed E-state index contributed by atoms with van der Waals surface area (Å²) in [5, 5.41) is 0. The smallest absolute Gasteiger partial charge is 0.133 e. The zero-order chi connectivity index (χ0) is 17.3. The average molecular weight is 596 g/mol. The van der Waals surface area contributed by atoms with Crippen LogP contribution in [0.4, 0.5) is 0 Å². The first-order valence-electron chi connectivity index (χ1n) is 8.98. The third-order valence-corrected chi connectivity index (χ3v) is 5.06. The van der Waals surface area contributed by atoms with Crippen LogP contribution < -0.4 is 138 Å². The molecule has 4 aromatic rings. The van der Waals surface area contributed by atoms with Gasteiger partial charge in [0.15, 0.2) is 0 Å². The molecule has 1 aliphatic rings. The molecule has 0 saturated heterocycles. The molecule has 0 bridgehead atoms. The fourth-order valence-electron chi connectivity index (χ4n) is 3.96. The molecule has 1 aliphatic carbocycles. The van der Waals surface area contributed by atoms with E-state index in [4.69, 9.17) is 0 Å². The molecule has 28 heavy (non-hydrogen) atoms. The van der Waals surface area contributed by atoms with Gasteiger partial charge in [-0.15, -0.1) is 82.6 Å². The predicted octanol–water partition coefficient (Wildman–Crippen LogP) is 0.0464. The summed E-state index contributed by atoms with van der Waals surface area (Å²) in [7, 11) is 0. The maximum Gasteiger partial charge on any atom is 1.00 e. The fraction of sp³-hybridized carbons (Fsp3) is 0. The fourth-order valence-corrected chi connectivity index (χ4v) is 3.96. The molecule has 0 heterocycles. The summed E-state index contributed by atoms with van der Waals surface area (Å²) in [5.74, 6) is 2.63. The van der Waals surface area contributed by atoms with E-state index < -0.39 is 0 Å². The Hall–Kier alpha value is 0.724. The Balaban J connectivity index is 0.00000112. The molecule has 2 heteroatoms. The number of fused-ring (bicyclic) bond motifs is 2. The number of rotatable bonds is 2. The van der Waals surface area contributed by atoms with Gasteiger partial charge in [0.25, 0.3) is 0 Å². The van der Waals surface area contributed by atoms with Crippen LogP contribution in [0, 0.1) is 11.8 Å². The summed E-state index contributed by atoms with van der Waals surface area (Å²) in [4.78, 5) is 0. The Labute approximate surface area is 285 Å². The Morgan fingerprint density at radius 1 is 0.321 bits per heavy atom. The van der Waals surface area contributed by atoms with Gasteiger partial charge in [-0.3, -0.25) is 0 Å². The molecule has 0 atom stereocenters. The summed E-state index contributed by atoms with van der Waals surface area (Å²) in [6.45, 7) is 0. The van der Waals surface area contributed by atoms with Gasteiger partial charge in [-0.25, -0.2) is 0 Å². The van der Waals surface area contributed by atoms with E-state index in [0.29, 0.717) is 0 Å². The van der Waals surface area contributed by atoms with Crippen molar-refractivity contribution in [2.75, 3.05) is 0 Å². The topological polar surface area (TPSA) is 0 Å². The Kier molecular flexibility index (Phi) is 9.06. The van der Waals surface area contributed by atoms with Crippen molar-refractivity contribution in [1.82, 2.24) is 0 Å². The zero-order valence-electron chi connectivity index (χ0n) is 16.4. The van der Waals surface area contributed by atoms with Gasteiger partial charge in [-0.05, 0) is 0 Å². The van der Waals surface area contributed by atoms with E-state index in [1.165, 1.54) is 45.2 Å². The standard InChI is InChI=1S/C26H18.2Cs/c1-3-11-19(12-4-1)25-21-15-7-9-17-23(21)26(20-13-5-2-6-14-20)24-18-10-8-16-22(24)25;;/h1-18H;;/q-2;2*+1. The molecule has 0 radical (unpaired) electrons. The van der Waals surface area contributed by atoms with E-state index in [1.807, 2.05) is 0 Å². The molecular formula is C26H18Cs2. The van der Waals surface area contributed by atoms with Crippen LogP contribution in [-0.2, 0) is 0 Å². The Morgan fingerprint density at radius 3 is 0.857 bits per heavy atom. The molecule has 0 N–H and O–H groups in total. The molecule has 0 spiro atoms. The quantitative estimate of drug-likeness (QED) is 0.253. The maximum absolute atomic E-state index is 2.25. The van der Waals surface area contributed by atoms with Gasteiger partial charge in [0.05, 0.1) is 0 Å². The van der Waals surface area contributed by atoms with Crippen LogP contribution in [0.15, 0.2) is 109 Å². The normalized spacial score (nSPS) is 11.6. The van der Waals surface area contributed by atoms with E-state index in [1.54, 1.807) is 0 Å². The van der Waals surface area contributed by atoms with Crippen molar-refractivity contribution >= 4 is 0 Å². The second kappa shape index (κ2) is 10.8. The van der Waals surface area contributed by atoms with Crippen LogP contribution in [-0.4, -0.2) is 0 Å². The van der Waals surface area contributed by atoms with Crippen LogP contribution in [0.5, 0.6) is 0 Å². The molecule has 0 saturated carbocycles. The van der Waals surface area contributed by atoms with Crippen LogP contribution in [0.2, 0.25) is 0 Å². The van der Waals surface area contributed by atoms with Gasteiger partial charge in [0.1, 0.15) is 0 Å². The summed E-state index contributed by atoms with van der Waals surface area (Å²) in [5.41, 5.74) is 7.74. The molecule has 0 fully saturated rings. The van der Waals surface area contributed by atoms with Crippen molar-refractivity contribution in [3.05, 3.63) is 154 Å². The first kappa shape index (κ1) is 23.4. The summed E-state index contributed by atoms with van der Waals surface area (Å²) < 4.78 is 0. The van der Waals surface area contributed by atoms with E-state index in [0.717, 1.165) is 0 Å². The number of benzene rings is 4. The van der Waals surface area contributed by atoms with Crippen molar-refractivity contribution < 1.29 is 138 Å². The van der Waals surface area contributed by atoms with Crippen LogP contribution >= 0.6 is 0 Å². The Bertz CT molecular complexity index is 909. The summed E-state index contributed by atoms with van der Waals surface area (Å²) in [6, 6.07) is 39.0. The molecule has 0 aliphatic heterocycles. The molecule has 124 valence electrons. The average Bonchev–Trinajstić information content (AvgIpc) is 2.73. The molecular weight excluding hydrogens is 578 g/mol. The largest absolute Gasteiger partial charge is 1.00 e.